The highest BCUT2D eigenvalue weighted by atomic mass is 32.1. The normalized spacial score (nSPS) is 12.5. The Kier molecular flexibility index (Phi) is 2.99. The lowest BCUT2D eigenvalue weighted by Gasteiger charge is -2.17. The van der Waals surface area contributed by atoms with Gasteiger partial charge in [-0.3, -0.25) is 4.40 Å². The second-order valence-corrected chi connectivity index (χ2v) is 5.83. The van der Waals surface area contributed by atoms with Crippen LogP contribution in [0, 0.1) is 0 Å². The van der Waals surface area contributed by atoms with Crippen LogP contribution in [0.2, 0.25) is 0 Å². The zero-order chi connectivity index (χ0) is 11.8. The van der Waals surface area contributed by atoms with E-state index in [1.54, 1.807) is 11.3 Å². The number of rotatable bonds is 3. The van der Waals surface area contributed by atoms with Gasteiger partial charge in [0.15, 0.2) is 0 Å². The van der Waals surface area contributed by atoms with Gasteiger partial charge in [0, 0.05) is 22.9 Å². The second-order valence-electron chi connectivity index (χ2n) is 5.00. The van der Waals surface area contributed by atoms with Crippen molar-refractivity contribution in [2.45, 2.75) is 39.0 Å². The zero-order valence-electron chi connectivity index (χ0n) is 10.0. The molecule has 0 aromatic carbocycles. The second kappa shape index (κ2) is 4.14. The van der Waals surface area contributed by atoms with E-state index < -0.39 is 0 Å². The fourth-order valence-corrected chi connectivity index (χ4v) is 2.79. The maximum absolute atomic E-state index is 5.53. The first-order valence-corrected chi connectivity index (χ1v) is 6.44. The first kappa shape index (κ1) is 11.5. The van der Waals surface area contributed by atoms with Crippen LogP contribution in [0.1, 0.15) is 38.7 Å². The van der Waals surface area contributed by atoms with Crippen LogP contribution in [0.25, 0.3) is 4.96 Å². The Balaban J connectivity index is 2.47. The van der Waals surface area contributed by atoms with E-state index in [0.717, 1.165) is 23.6 Å². The van der Waals surface area contributed by atoms with Crippen molar-refractivity contribution in [3.05, 3.63) is 16.9 Å². The van der Waals surface area contributed by atoms with Gasteiger partial charge in [-0.15, -0.1) is 21.5 Å². The van der Waals surface area contributed by atoms with Crippen molar-refractivity contribution in [1.82, 2.24) is 14.6 Å². The first-order valence-electron chi connectivity index (χ1n) is 5.56. The van der Waals surface area contributed by atoms with Crippen LogP contribution >= 0.6 is 11.3 Å². The smallest absolute Gasteiger partial charge is 0.216 e. The van der Waals surface area contributed by atoms with Crippen molar-refractivity contribution in [2.24, 2.45) is 5.73 Å². The number of aromatic nitrogens is 3. The zero-order valence-corrected chi connectivity index (χ0v) is 10.8. The molecule has 0 aliphatic rings. The van der Waals surface area contributed by atoms with Gasteiger partial charge in [0.1, 0.15) is 5.82 Å². The molecule has 2 rings (SSSR count). The maximum atomic E-state index is 5.53. The Labute approximate surface area is 99.5 Å². The summed E-state index contributed by atoms with van der Waals surface area (Å²) in [6, 6.07) is 0. The monoisotopic (exact) mass is 238 g/mol. The lowest BCUT2D eigenvalue weighted by atomic mass is 9.93. The van der Waals surface area contributed by atoms with E-state index in [-0.39, 0.29) is 5.41 Å². The summed E-state index contributed by atoms with van der Waals surface area (Å²) in [6.07, 6.45) is 1.86. The molecule has 0 spiro atoms. The van der Waals surface area contributed by atoms with Gasteiger partial charge in [-0.2, -0.15) is 0 Å². The summed E-state index contributed by atoms with van der Waals surface area (Å²) in [5.74, 6) is 1.03. The third-order valence-corrected chi connectivity index (χ3v) is 3.41. The Bertz CT molecular complexity index is 478. The Morgan fingerprint density at radius 2 is 2.12 bits per heavy atom. The van der Waals surface area contributed by atoms with Crippen LogP contribution in [0.5, 0.6) is 0 Å². The third-order valence-electron chi connectivity index (χ3n) is 2.59. The quantitative estimate of drug-likeness (QED) is 0.889. The van der Waals surface area contributed by atoms with E-state index in [1.807, 2.05) is 0 Å². The van der Waals surface area contributed by atoms with Gasteiger partial charge in [0.05, 0.1) is 0 Å². The van der Waals surface area contributed by atoms with E-state index >= 15 is 0 Å². The van der Waals surface area contributed by atoms with Gasteiger partial charge < -0.3 is 5.73 Å². The molecule has 2 heterocycles. The van der Waals surface area contributed by atoms with Crippen LogP contribution in [-0.4, -0.2) is 21.1 Å². The van der Waals surface area contributed by atoms with Crippen molar-refractivity contribution in [2.75, 3.05) is 6.54 Å². The molecule has 0 saturated heterocycles. The summed E-state index contributed by atoms with van der Waals surface area (Å²) in [6.45, 7) is 7.33. The highest BCUT2D eigenvalue weighted by Crippen LogP contribution is 2.28. The predicted octanol–water partition coefficient (Wildman–Crippen LogP) is 1.98. The van der Waals surface area contributed by atoms with Crippen LogP contribution in [0.15, 0.2) is 5.38 Å². The van der Waals surface area contributed by atoms with Crippen LogP contribution in [0.4, 0.5) is 0 Å². The number of nitrogens with two attached hydrogens (primary N) is 1. The molecule has 2 aromatic heterocycles. The van der Waals surface area contributed by atoms with Crippen molar-refractivity contribution in [3.63, 3.8) is 0 Å². The van der Waals surface area contributed by atoms with Crippen LogP contribution in [0.3, 0.4) is 0 Å². The number of aryl methyl sites for hydroxylation is 1. The minimum absolute atomic E-state index is 0.123. The van der Waals surface area contributed by atoms with E-state index in [9.17, 15) is 0 Å². The largest absolute Gasteiger partial charge is 0.330 e. The molecule has 0 saturated carbocycles. The summed E-state index contributed by atoms with van der Waals surface area (Å²) in [5, 5.41) is 10.6. The molecular weight excluding hydrogens is 220 g/mol. The summed E-state index contributed by atoms with van der Waals surface area (Å²) in [7, 11) is 0. The number of hydrogen-bond acceptors (Lipinski definition) is 4. The molecule has 0 fully saturated rings. The molecule has 2 aromatic rings. The van der Waals surface area contributed by atoms with Crippen molar-refractivity contribution in [3.8, 4) is 0 Å². The average molecular weight is 238 g/mol. The van der Waals surface area contributed by atoms with Crippen LogP contribution in [-0.2, 0) is 11.8 Å². The maximum Gasteiger partial charge on any atom is 0.216 e. The lowest BCUT2D eigenvalue weighted by molar-refractivity contribution is 0.558. The number of fused-ring (bicyclic) bond motifs is 1. The minimum Gasteiger partial charge on any atom is -0.330 e. The number of thiazole rings is 1. The first-order chi connectivity index (χ1) is 7.54. The van der Waals surface area contributed by atoms with Crippen molar-refractivity contribution in [1.29, 1.82) is 0 Å². The molecule has 16 heavy (non-hydrogen) atoms. The number of hydrogen-bond donors (Lipinski definition) is 1. The molecule has 0 amide bonds. The minimum atomic E-state index is 0.123. The lowest BCUT2D eigenvalue weighted by Crippen LogP contribution is -2.15. The predicted molar refractivity (Wildman–Crippen MR) is 66.9 cm³/mol. The fourth-order valence-electron chi connectivity index (χ4n) is 1.71. The van der Waals surface area contributed by atoms with E-state index in [4.69, 9.17) is 5.73 Å². The third kappa shape index (κ3) is 1.97. The molecule has 0 aliphatic carbocycles. The summed E-state index contributed by atoms with van der Waals surface area (Å²) in [4.78, 5) is 0.983. The fraction of sp³-hybridized carbons (Fsp3) is 0.636. The molecule has 0 atom stereocenters. The summed E-state index contributed by atoms with van der Waals surface area (Å²) < 4.78 is 2.18. The highest BCUT2D eigenvalue weighted by Gasteiger charge is 2.21. The van der Waals surface area contributed by atoms with Gasteiger partial charge in [-0.05, 0) is 13.0 Å². The molecule has 88 valence electrons. The molecule has 5 heteroatoms. The van der Waals surface area contributed by atoms with E-state index in [2.05, 4.69) is 40.7 Å². The molecule has 2 N–H and O–H groups in total. The van der Waals surface area contributed by atoms with E-state index in [1.165, 1.54) is 5.69 Å². The summed E-state index contributed by atoms with van der Waals surface area (Å²) in [5.41, 5.74) is 6.94. The SMILES string of the molecule is CC(C)(C)c1csc2nnc(CCCN)n12. The Morgan fingerprint density at radius 3 is 2.75 bits per heavy atom. The van der Waals surface area contributed by atoms with Gasteiger partial charge in [-0.25, -0.2) is 0 Å². The van der Waals surface area contributed by atoms with Gasteiger partial charge >= 0.3 is 0 Å². The van der Waals surface area contributed by atoms with Crippen molar-refractivity contribution < 1.29 is 0 Å². The topological polar surface area (TPSA) is 56.2 Å². The Morgan fingerprint density at radius 1 is 1.38 bits per heavy atom. The standard InChI is InChI=1S/C11H18N4S/c1-11(2,3)8-7-16-10-14-13-9(15(8)10)5-4-6-12/h7H,4-6,12H2,1-3H3. The number of nitrogens with zero attached hydrogens (tertiary/aromatic N) is 3. The molecule has 0 radical (unpaired) electrons. The van der Waals surface area contributed by atoms with Gasteiger partial charge in [0.25, 0.3) is 0 Å². The summed E-state index contributed by atoms with van der Waals surface area (Å²) >= 11 is 1.65. The molecule has 0 unspecified atom stereocenters. The van der Waals surface area contributed by atoms with Crippen LogP contribution < -0.4 is 5.73 Å². The highest BCUT2D eigenvalue weighted by molar-refractivity contribution is 7.15. The average Bonchev–Trinajstić information content (AvgIpc) is 2.73. The van der Waals surface area contributed by atoms with Crippen molar-refractivity contribution >= 4 is 16.3 Å². The Hall–Kier alpha value is -0.940. The molecule has 0 bridgehead atoms. The molecular formula is C11H18N4S. The van der Waals surface area contributed by atoms with E-state index in [0.29, 0.717) is 6.54 Å². The molecule has 4 nitrogen and oxygen atoms in total. The van der Waals surface area contributed by atoms with Gasteiger partial charge in [-0.1, -0.05) is 20.8 Å². The molecule has 0 aliphatic heterocycles. The van der Waals surface area contributed by atoms with Gasteiger partial charge in [0.2, 0.25) is 4.96 Å².